The molecule has 2 N–H and O–H groups in total. The van der Waals surface area contributed by atoms with E-state index in [1.54, 1.807) is 6.20 Å². The minimum Gasteiger partial charge on any atom is -0.479 e. The Morgan fingerprint density at radius 3 is 2.75 bits per heavy atom. The first-order valence-electron chi connectivity index (χ1n) is 5.97. The number of H-pyrrole nitrogens is 1. The van der Waals surface area contributed by atoms with Crippen molar-refractivity contribution in [1.82, 2.24) is 15.0 Å². The lowest BCUT2D eigenvalue weighted by Gasteiger charge is -2.07. The minimum atomic E-state index is 0.386. The van der Waals surface area contributed by atoms with Crippen LogP contribution in [0.1, 0.15) is 5.56 Å². The first-order chi connectivity index (χ1) is 9.81. The maximum absolute atomic E-state index is 9.08. The fourth-order valence-corrected chi connectivity index (χ4v) is 1.92. The van der Waals surface area contributed by atoms with Crippen molar-refractivity contribution < 1.29 is 4.74 Å². The van der Waals surface area contributed by atoms with Gasteiger partial charge in [0.05, 0.1) is 12.7 Å². The number of hydrogen-bond donors (Lipinski definition) is 2. The predicted octanol–water partition coefficient (Wildman–Crippen LogP) is 2.58. The molecule has 0 fully saturated rings. The molecule has 0 aliphatic rings. The van der Waals surface area contributed by atoms with Gasteiger partial charge in [-0.3, -0.25) is 0 Å². The Morgan fingerprint density at radius 1 is 1.25 bits per heavy atom. The van der Waals surface area contributed by atoms with E-state index in [1.807, 2.05) is 30.3 Å². The molecule has 0 radical (unpaired) electrons. The summed E-state index contributed by atoms with van der Waals surface area (Å²) >= 11 is 0. The van der Waals surface area contributed by atoms with Gasteiger partial charge in [0.25, 0.3) is 0 Å². The number of para-hydroxylation sites is 1. The summed E-state index contributed by atoms with van der Waals surface area (Å²) in [5.41, 5.74) is 2.47. The number of nitrogens with one attached hydrogen (secondary N) is 2. The van der Waals surface area contributed by atoms with Crippen molar-refractivity contribution in [2.45, 2.75) is 0 Å². The van der Waals surface area contributed by atoms with E-state index < -0.39 is 0 Å². The highest BCUT2D eigenvalue weighted by Crippen LogP contribution is 2.26. The molecule has 0 unspecified atom stereocenters. The molecule has 2 heterocycles. The molecule has 98 valence electrons. The van der Waals surface area contributed by atoms with Crippen LogP contribution in [0, 0.1) is 11.3 Å². The largest absolute Gasteiger partial charge is 0.479 e. The summed E-state index contributed by atoms with van der Waals surface area (Å²) < 4.78 is 5.23. The number of aromatic nitrogens is 3. The Hall–Kier alpha value is -3.07. The van der Waals surface area contributed by atoms with E-state index in [9.17, 15) is 0 Å². The van der Waals surface area contributed by atoms with Crippen molar-refractivity contribution in [2.24, 2.45) is 0 Å². The molecule has 0 spiro atoms. The zero-order valence-electron chi connectivity index (χ0n) is 10.7. The highest BCUT2D eigenvalue weighted by atomic mass is 16.5. The van der Waals surface area contributed by atoms with Crippen molar-refractivity contribution in [3.05, 3.63) is 42.1 Å². The molecular formula is C14H11N5O. The third-order valence-corrected chi connectivity index (χ3v) is 2.84. The lowest BCUT2D eigenvalue weighted by molar-refractivity contribution is 0.402. The number of hydrogen-bond acceptors (Lipinski definition) is 5. The summed E-state index contributed by atoms with van der Waals surface area (Å²) in [4.78, 5) is 11.6. The zero-order valence-corrected chi connectivity index (χ0v) is 10.7. The van der Waals surface area contributed by atoms with E-state index in [4.69, 9.17) is 10.00 Å². The van der Waals surface area contributed by atoms with Gasteiger partial charge >= 0.3 is 0 Å². The van der Waals surface area contributed by atoms with Crippen LogP contribution in [-0.4, -0.2) is 22.1 Å². The maximum atomic E-state index is 9.08. The Morgan fingerprint density at radius 2 is 2.05 bits per heavy atom. The molecule has 0 saturated carbocycles. The predicted molar refractivity (Wildman–Crippen MR) is 74.9 cm³/mol. The molecule has 6 nitrogen and oxygen atoms in total. The van der Waals surface area contributed by atoms with Gasteiger partial charge in [0.1, 0.15) is 17.1 Å². The van der Waals surface area contributed by atoms with E-state index in [0.29, 0.717) is 28.4 Å². The average Bonchev–Trinajstić information content (AvgIpc) is 2.90. The SMILES string of the molecule is COc1nc(Nc2ccccc2)nc2c(C#N)c[nH]c12. The third-order valence-electron chi connectivity index (χ3n) is 2.84. The summed E-state index contributed by atoms with van der Waals surface area (Å²) in [5.74, 6) is 0.784. The van der Waals surface area contributed by atoms with Crippen molar-refractivity contribution in [3.8, 4) is 11.9 Å². The molecule has 20 heavy (non-hydrogen) atoms. The van der Waals surface area contributed by atoms with E-state index in [-0.39, 0.29) is 0 Å². The highest BCUT2D eigenvalue weighted by Gasteiger charge is 2.13. The topological polar surface area (TPSA) is 86.6 Å². The second-order valence-electron chi connectivity index (χ2n) is 4.09. The normalized spacial score (nSPS) is 10.2. The van der Waals surface area contributed by atoms with Crippen LogP contribution in [-0.2, 0) is 0 Å². The summed E-state index contributed by atoms with van der Waals surface area (Å²) in [7, 11) is 1.53. The average molecular weight is 265 g/mol. The van der Waals surface area contributed by atoms with Crippen LogP contribution in [0.15, 0.2) is 36.5 Å². The quantitative estimate of drug-likeness (QED) is 0.760. The fraction of sp³-hybridized carbons (Fsp3) is 0.0714. The number of benzene rings is 1. The monoisotopic (exact) mass is 265 g/mol. The van der Waals surface area contributed by atoms with E-state index >= 15 is 0 Å². The zero-order chi connectivity index (χ0) is 13.9. The summed E-state index contributed by atoms with van der Waals surface area (Å²) in [5, 5.41) is 12.2. The lowest BCUT2D eigenvalue weighted by Crippen LogP contribution is -2.00. The first kappa shape index (κ1) is 12.0. The summed E-state index contributed by atoms with van der Waals surface area (Å²) in [6, 6.07) is 11.6. The van der Waals surface area contributed by atoms with Crippen LogP contribution >= 0.6 is 0 Å². The molecule has 0 atom stereocenters. The molecule has 0 bridgehead atoms. The van der Waals surface area contributed by atoms with Gasteiger partial charge in [-0.1, -0.05) is 18.2 Å². The van der Waals surface area contributed by atoms with Gasteiger partial charge in [0.15, 0.2) is 0 Å². The number of fused-ring (bicyclic) bond motifs is 1. The van der Waals surface area contributed by atoms with Crippen molar-refractivity contribution in [3.63, 3.8) is 0 Å². The Kier molecular flexibility index (Phi) is 2.94. The van der Waals surface area contributed by atoms with Crippen LogP contribution in [0.4, 0.5) is 11.6 Å². The second kappa shape index (κ2) is 4.90. The van der Waals surface area contributed by atoms with Gasteiger partial charge in [0.2, 0.25) is 11.8 Å². The van der Waals surface area contributed by atoms with Crippen molar-refractivity contribution in [2.75, 3.05) is 12.4 Å². The maximum Gasteiger partial charge on any atom is 0.243 e. The molecule has 0 saturated heterocycles. The summed E-state index contributed by atoms with van der Waals surface area (Å²) in [6.45, 7) is 0. The number of methoxy groups -OCH3 is 1. The highest BCUT2D eigenvalue weighted by molar-refractivity contribution is 5.86. The van der Waals surface area contributed by atoms with E-state index in [1.165, 1.54) is 7.11 Å². The molecule has 3 aromatic rings. The molecule has 0 aliphatic heterocycles. The summed E-state index contributed by atoms with van der Waals surface area (Å²) in [6.07, 6.45) is 1.59. The van der Waals surface area contributed by atoms with Gasteiger partial charge in [-0.05, 0) is 12.1 Å². The number of nitriles is 1. The molecule has 2 aromatic heterocycles. The Bertz CT molecular complexity index is 788. The standard InChI is InChI=1S/C14H11N5O/c1-20-13-12-11(9(7-15)8-16-12)18-14(19-13)17-10-5-3-2-4-6-10/h2-6,8,16H,1H3,(H,17,18,19). The van der Waals surface area contributed by atoms with Gasteiger partial charge in [-0.2, -0.15) is 10.2 Å². The van der Waals surface area contributed by atoms with Crippen LogP contribution in [0.3, 0.4) is 0 Å². The lowest BCUT2D eigenvalue weighted by atomic mass is 10.3. The first-order valence-corrected chi connectivity index (χ1v) is 5.97. The molecule has 0 aliphatic carbocycles. The van der Waals surface area contributed by atoms with Crippen LogP contribution in [0.5, 0.6) is 5.88 Å². The van der Waals surface area contributed by atoms with Gasteiger partial charge in [-0.25, -0.2) is 4.98 Å². The van der Waals surface area contributed by atoms with Crippen LogP contribution in [0.2, 0.25) is 0 Å². The minimum absolute atomic E-state index is 0.386. The van der Waals surface area contributed by atoms with Crippen molar-refractivity contribution >= 4 is 22.7 Å². The Labute approximate surface area is 115 Å². The van der Waals surface area contributed by atoms with E-state index in [0.717, 1.165) is 5.69 Å². The van der Waals surface area contributed by atoms with E-state index in [2.05, 4.69) is 26.3 Å². The molecule has 1 aromatic carbocycles. The molecular weight excluding hydrogens is 254 g/mol. The number of rotatable bonds is 3. The smallest absolute Gasteiger partial charge is 0.243 e. The third kappa shape index (κ3) is 2.01. The molecule has 3 rings (SSSR count). The van der Waals surface area contributed by atoms with Crippen LogP contribution in [0.25, 0.3) is 11.0 Å². The van der Waals surface area contributed by atoms with Gasteiger partial charge < -0.3 is 15.0 Å². The molecule has 0 amide bonds. The number of nitrogens with zero attached hydrogens (tertiary/aromatic N) is 3. The second-order valence-corrected chi connectivity index (χ2v) is 4.09. The number of anilines is 2. The fourth-order valence-electron chi connectivity index (χ4n) is 1.92. The van der Waals surface area contributed by atoms with Gasteiger partial charge in [0, 0.05) is 11.9 Å². The van der Waals surface area contributed by atoms with Crippen LogP contribution < -0.4 is 10.1 Å². The van der Waals surface area contributed by atoms with Gasteiger partial charge in [-0.15, -0.1) is 0 Å². The van der Waals surface area contributed by atoms with Crippen molar-refractivity contribution in [1.29, 1.82) is 5.26 Å². The Balaban J connectivity index is 2.10. The molecule has 6 heteroatoms. The number of aromatic amines is 1. The number of ether oxygens (including phenoxy) is 1.